The highest BCUT2D eigenvalue weighted by Crippen LogP contribution is 2.21. The molecule has 2 rings (SSSR count). The van der Waals surface area contributed by atoms with Crippen molar-refractivity contribution in [2.75, 3.05) is 18.0 Å². The van der Waals surface area contributed by atoms with Gasteiger partial charge in [-0.1, -0.05) is 24.4 Å². The Hall–Kier alpha value is -1.86. The number of anilines is 1. The van der Waals surface area contributed by atoms with Crippen LogP contribution in [0.5, 0.6) is 0 Å². The molecule has 0 spiro atoms. The van der Waals surface area contributed by atoms with Gasteiger partial charge in [0.2, 0.25) is 0 Å². The van der Waals surface area contributed by atoms with E-state index in [1.165, 1.54) is 24.9 Å². The summed E-state index contributed by atoms with van der Waals surface area (Å²) in [5.41, 5.74) is 8.01. The third kappa shape index (κ3) is 3.55. The molecule has 0 aliphatic carbocycles. The van der Waals surface area contributed by atoms with Crippen LogP contribution in [0.1, 0.15) is 24.8 Å². The fraction of sp³-hybridized carbons (Fsp3) is 0.333. The first-order valence-corrected chi connectivity index (χ1v) is 6.88. The number of benzene rings is 1. The van der Waals surface area contributed by atoms with E-state index >= 15 is 0 Å². The van der Waals surface area contributed by atoms with Gasteiger partial charge in [0.15, 0.2) is 0 Å². The first kappa shape index (κ1) is 13.6. The third-order valence-electron chi connectivity index (χ3n) is 3.31. The summed E-state index contributed by atoms with van der Waals surface area (Å²) in [5, 5.41) is 8.92. The van der Waals surface area contributed by atoms with Gasteiger partial charge in [-0.15, -0.1) is 0 Å². The number of nitrogens with zero attached hydrogens (tertiary/aromatic N) is 2. The Kier molecular flexibility index (Phi) is 4.53. The third-order valence-corrected chi connectivity index (χ3v) is 3.53. The molecule has 0 unspecified atom stereocenters. The standard InChI is InChI=1S/C15H17N3S/c16-11-13(15(17)19)10-12-4-6-14(7-5-12)18-8-2-1-3-9-18/h4-7,10H,1-3,8-9H2,(H2,17,19)/b13-10+. The molecular weight excluding hydrogens is 254 g/mol. The smallest absolute Gasteiger partial charge is 0.114 e. The molecule has 1 aromatic carbocycles. The summed E-state index contributed by atoms with van der Waals surface area (Å²) in [4.78, 5) is 2.54. The molecule has 19 heavy (non-hydrogen) atoms. The summed E-state index contributed by atoms with van der Waals surface area (Å²) in [6.45, 7) is 2.26. The van der Waals surface area contributed by atoms with Gasteiger partial charge >= 0.3 is 0 Å². The second-order valence-corrected chi connectivity index (χ2v) is 5.11. The molecule has 3 nitrogen and oxygen atoms in total. The van der Waals surface area contributed by atoms with Gasteiger partial charge in [0.1, 0.15) is 11.1 Å². The minimum Gasteiger partial charge on any atom is -0.389 e. The lowest BCUT2D eigenvalue weighted by atomic mass is 10.1. The first-order valence-electron chi connectivity index (χ1n) is 6.47. The van der Waals surface area contributed by atoms with Crippen LogP contribution in [-0.4, -0.2) is 18.1 Å². The van der Waals surface area contributed by atoms with Gasteiger partial charge in [-0.25, -0.2) is 0 Å². The summed E-state index contributed by atoms with van der Waals surface area (Å²) in [5.74, 6) is 0. The molecule has 0 saturated carbocycles. The van der Waals surface area contributed by atoms with E-state index in [1.54, 1.807) is 6.08 Å². The lowest BCUT2D eigenvalue weighted by Crippen LogP contribution is -2.29. The van der Waals surface area contributed by atoms with Crippen LogP contribution in [0, 0.1) is 11.3 Å². The summed E-state index contributed by atoms with van der Waals surface area (Å²) >= 11 is 4.82. The van der Waals surface area contributed by atoms with E-state index in [4.69, 9.17) is 23.2 Å². The largest absolute Gasteiger partial charge is 0.389 e. The molecular formula is C15H17N3S. The Morgan fingerprint density at radius 2 is 1.84 bits per heavy atom. The van der Waals surface area contributed by atoms with E-state index in [2.05, 4.69) is 17.0 Å². The maximum atomic E-state index is 8.92. The lowest BCUT2D eigenvalue weighted by molar-refractivity contribution is 0.578. The van der Waals surface area contributed by atoms with Gasteiger partial charge in [-0.3, -0.25) is 0 Å². The van der Waals surface area contributed by atoms with Gasteiger partial charge in [0.25, 0.3) is 0 Å². The molecule has 0 aromatic heterocycles. The topological polar surface area (TPSA) is 53.0 Å². The molecule has 98 valence electrons. The van der Waals surface area contributed by atoms with Crippen molar-refractivity contribution >= 4 is 29.0 Å². The van der Waals surface area contributed by atoms with Crippen LogP contribution in [0.2, 0.25) is 0 Å². The fourth-order valence-corrected chi connectivity index (χ4v) is 2.36. The molecule has 0 bridgehead atoms. The average molecular weight is 271 g/mol. The maximum Gasteiger partial charge on any atom is 0.114 e. The monoisotopic (exact) mass is 271 g/mol. The van der Waals surface area contributed by atoms with E-state index < -0.39 is 0 Å². The van der Waals surface area contributed by atoms with Gasteiger partial charge in [0, 0.05) is 18.8 Å². The number of nitrogens with two attached hydrogens (primary N) is 1. The maximum absolute atomic E-state index is 8.92. The molecule has 1 aromatic rings. The minimum absolute atomic E-state index is 0.141. The van der Waals surface area contributed by atoms with Gasteiger partial charge in [0.05, 0.1) is 5.57 Å². The van der Waals surface area contributed by atoms with Crippen molar-refractivity contribution in [2.24, 2.45) is 5.73 Å². The van der Waals surface area contributed by atoms with Crippen LogP contribution in [0.15, 0.2) is 29.8 Å². The van der Waals surface area contributed by atoms with Crippen LogP contribution in [0.25, 0.3) is 6.08 Å². The molecule has 1 heterocycles. The van der Waals surface area contributed by atoms with E-state index in [1.807, 2.05) is 18.2 Å². The molecule has 0 atom stereocenters. The molecule has 2 N–H and O–H groups in total. The molecule has 1 aliphatic rings. The predicted octanol–water partition coefficient (Wildman–Crippen LogP) is 2.87. The van der Waals surface area contributed by atoms with E-state index in [-0.39, 0.29) is 4.99 Å². The van der Waals surface area contributed by atoms with Crippen molar-refractivity contribution < 1.29 is 0 Å². The number of piperidine rings is 1. The Morgan fingerprint density at radius 3 is 2.37 bits per heavy atom. The zero-order chi connectivity index (χ0) is 13.7. The Morgan fingerprint density at radius 1 is 1.21 bits per heavy atom. The van der Waals surface area contributed by atoms with Crippen molar-refractivity contribution in [3.63, 3.8) is 0 Å². The number of hydrogen-bond donors (Lipinski definition) is 1. The number of rotatable bonds is 3. The van der Waals surface area contributed by atoms with E-state index in [9.17, 15) is 0 Å². The molecule has 1 saturated heterocycles. The zero-order valence-corrected chi connectivity index (χ0v) is 11.6. The second-order valence-electron chi connectivity index (χ2n) is 4.67. The molecule has 0 amide bonds. The highest BCUT2D eigenvalue weighted by molar-refractivity contribution is 7.80. The van der Waals surface area contributed by atoms with Crippen LogP contribution in [0.3, 0.4) is 0 Å². The van der Waals surface area contributed by atoms with Crippen molar-refractivity contribution in [1.29, 1.82) is 5.26 Å². The van der Waals surface area contributed by atoms with E-state index in [0.717, 1.165) is 18.7 Å². The van der Waals surface area contributed by atoms with Gasteiger partial charge in [-0.05, 0) is 43.0 Å². The van der Waals surface area contributed by atoms with Crippen molar-refractivity contribution in [1.82, 2.24) is 0 Å². The zero-order valence-electron chi connectivity index (χ0n) is 10.8. The van der Waals surface area contributed by atoms with Crippen LogP contribution < -0.4 is 10.6 Å². The first-order chi connectivity index (χ1) is 9.20. The average Bonchev–Trinajstić information content (AvgIpc) is 2.46. The Bertz CT molecular complexity index is 519. The van der Waals surface area contributed by atoms with Crippen molar-refractivity contribution in [2.45, 2.75) is 19.3 Å². The quantitative estimate of drug-likeness (QED) is 0.522. The molecule has 1 fully saturated rings. The van der Waals surface area contributed by atoms with Crippen molar-refractivity contribution in [3.8, 4) is 6.07 Å². The Balaban J connectivity index is 2.14. The number of nitriles is 1. The second kappa shape index (κ2) is 6.35. The summed E-state index contributed by atoms with van der Waals surface area (Å²) < 4.78 is 0. The highest BCUT2D eigenvalue weighted by atomic mass is 32.1. The van der Waals surface area contributed by atoms with Gasteiger partial charge in [-0.2, -0.15) is 5.26 Å². The Labute approximate surface area is 119 Å². The molecule has 0 radical (unpaired) electrons. The SMILES string of the molecule is N#C/C(=C\c1ccc(N2CCCCC2)cc1)C(N)=S. The summed E-state index contributed by atoms with van der Waals surface area (Å²) in [7, 11) is 0. The normalized spacial score (nSPS) is 15.9. The molecule has 4 heteroatoms. The number of hydrogen-bond acceptors (Lipinski definition) is 3. The molecule has 1 aliphatic heterocycles. The highest BCUT2D eigenvalue weighted by Gasteiger charge is 2.10. The number of thiocarbonyl (C=S) groups is 1. The fourth-order valence-electron chi connectivity index (χ4n) is 2.26. The summed E-state index contributed by atoms with van der Waals surface area (Å²) in [6, 6.07) is 10.2. The summed E-state index contributed by atoms with van der Waals surface area (Å²) in [6.07, 6.45) is 5.59. The lowest BCUT2D eigenvalue weighted by Gasteiger charge is -2.28. The van der Waals surface area contributed by atoms with E-state index in [0.29, 0.717) is 5.57 Å². The minimum atomic E-state index is 0.141. The van der Waals surface area contributed by atoms with Gasteiger partial charge < -0.3 is 10.6 Å². The van der Waals surface area contributed by atoms with Crippen molar-refractivity contribution in [3.05, 3.63) is 35.4 Å². The van der Waals surface area contributed by atoms with Crippen LogP contribution in [-0.2, 0) is 0 Å². The van der Waals surface area contributed by atoms with Crippen LogP contribution in [0.4, 0.5) is 5.69 Å². The predicted molar refractivity (Wildman–Crippen MR) is 82.9 cm³/mol. The van der Waals surface area contributed by atoms with Crippen LogP contribution >= 0.6 is 12.2 Å².